The fourth-order valence-corrected chi connectivity index (χ4v) is 5.04. The Kier molecular flexibility index (Phi) is 0.643. The average molecular weight is 156 g/mol. The molecule has 0 spiro atoms. The van der Waals surface area contributed by atoms with Gasteiger partial charge in [-0.25, -0.2) is 8.42 Å². The molecule has 54 valence electrons. The van der Waals surface area contributed by atoms with Crippen LogP contribution in [0.2, 0.25) is 0 Å². The van der Waals surface area contributed by atoms with Gasteiger partial charge in [0.1, 0.15) is 0 Å². The summed E-state index contributed by atoms with van der Waals surface area (Å²) in [7, 11) is -2.68. The second-order valence-corrected chi connectivity index (χ2v) is 5.78. The topological polar surface area (TPSA) is 34.1 Å². The maximum atomic E-state index is 11.3. The molecule has 10 heavy (non-hydrogen) atoms. The number of hydrogen-bond donors (Lipinski definition) is 0. The minimum Gasteiger partial charge on any atom is -0.228 e. The molecule has 1 saturated heterocycles. The van der Waals surface area contributed by atoms with E-state index in [2.05, 4.69) is 6.08 Å². The zero-order valence-electron chi connectivity index (χ0n) is 5.40. The molecule has 4 aliphatic rings. The van der Waals surface area contributed by atoms with E-state index in [1.165, 1.54) is 0 Å². The van der Waals surface area contributed by atoms with Crippen molar-refractivity contribution < 1.29 is 8.42 Å². The molecule has 2 aliphatic heterocycles. The van der Waals surface area contributed by atoms with Crippen molar-refractivity contribution in [2.75, 3.05) is 0 Å². The van der Waals surface area contributed by atoms with Gasteiger partial charge >= 0.3 is 0 Å². The lowest BCUT2D eigenvalue weighted by atomic mass is 10.1. The van der Waals surface area contributed by atoms with Crippen LogP contribution in [0.4, 0.5) is 0 Å². The third-order valence-corrected chi connectivity index (χ3v) is 5.62. The van der Waals surface area contributed by atoms with Crippen molar-refractivity contribution >= 4 is 9.84 Å². The standard InChI is InChI=1S/C7H8O2S/c8-10(9)4-1-2-5-6(3-4)7(5)10/h1-2,4-7H,3H2/t4-,5+,6-,7+/m0/s1. The van der Waals surface area contributed by atoms with Crippen LogP contribution < -0.4 is 0 Å². The molecule has 4 rings (SSSR count). The van der Waals surface area contributed by atoms with Crippen LogP contribution in [0, 0.1) is 11.8 Å². The summed E-state index contributed by atoms with van der Waals surface area (Å²) >= 11 is 0. The van der Waals surface area contributed by atoms with Gasteiger partial charge in [-0.05, 0) is 18.3 Å². The summed E-state index contributed by atoms with van der Waals surface area (Å²) in [5.41, 5.74) is 0. The third kappa shape index (κ3) is 0.365. The molecule has 2 aliphatic carbocycles. The first-order valence-electron chi connectivity index (χ1n) is 3.62. The van der Waals surface area contributed by atoms with Crippen molar-refractivity contribution in [1.29, 1.82) is 0 Å². The highest BCUT2D eigenvalue weighted by atomic mass is 32.2. The van der Waals surface area contributed by atoms with Gasteiger partial charge in [0, 0.05) is 0 Å². The van der Waals surface area contributed by atoms with E-state index in [9.17, 15) is 8.42 Å². The molecule has 2 fully saturated rings. The van der Waals surface area contributed by atoms with E-state index in [1.807, 2.05) is 6.08 Å². The maximum absolute atomic E-state index is 11.3. The van der Waals surface area contributed by atoms with Gasteiger partial charge in [-0.2, -0.15) is 0 Å². The van der Waals surface area contributed by atoms with Gasteiger partial charge < -0.3 is 0 Å². The van der Waals surface area contributed by atoms with E-state index in [0.29, 0.717) is 11.8 Å². The van der Waals surface area contributed by atoms with Crippen molar-refractivity contribution in [3.8, 4) is 0 Å². The summed E-state index contributed by atoms with van der Waals surface area (Å²) < 4.78 is 22.7. The summed E-state index contributed by atoms with van der Waals surface area (Å²) in [5.74, 6) is 0.926. The largest absolute Gasteiger partial charge is 0.228 e. The minimum atomic E-state index is -2.68. The van der Waals surface area contributed by atoms with E-state index < -0.39 is 9.84 Å². The molecule has 4 bridgehead atoms. The highest BCUT2D eigenvalue weighted by molar-refractivity contribution is 7.93. The first kappa shape index (κ1) is 5.35. The first-order valence-corrected chi connectivity index (χ1v) is 5.23. The van der Waals surface area contributed by atoms with Gasteiger partial charge in [-0.1, -0.05) is 12.2 Å². The molecule has 0 aromatic carbocycles. The molecule has 4 atom stereocenters. The van der Waals surface area contributed by atoms with Gasteiger partial charge in [0.25, 0.3) is 0 Å². The van der Waals surface area contributed by atoms with E-state index >= 15 is 0 Å². The van der Waals surface area contributed by atoms with Crippen molar-refractivity contribution in [2.24, 2.45) is 11.8 Å². The first-order chi connectivity index (χ1) is 4.71. The molecule has 0 unspecified atom stereocenters. The Morgan fingerprint density at radius 2 is 2.10 bits per heavy atom. The fourth-order valence-electron chi connectivity index (χ4n) is 2.42. The zero-order valence-corrected chi connectivity index (χ0v) is 6.21. The Morgan fingerprint density at radius 3 is 2.40 bits per heavy atom. The second-order valence-electron chi connectivity index (χ2n) is 3.45. The Hall–Kier alpha value is -0.310. The summed E-state index contributed by atoms with van der Waals surface area (Å²) in [6.45, 7) is 0. The minimum absolute atomic E-state index is 0.0440. The summed E-state index contributed by atoms with van der Waals surface area (Å²) in [6.07, 6.45) is 4.87. The van der Waals surface area contributed by atoms with Crippen molar-refractivity contribution in [3.05, 3.63) is 12.2 Å². The quantitative estimate of drug-likeness (QED) is 0.474. The zero-order chi connectivity index (χ0) is 6.93. The number of allylic oxidation sites excluding steroid dienone is 1. The lowest BCUT2D eigenvalue weighted by Crippen LogP contribution is -2.23. The molecule has 3 heteroatoms. The highest BCUT2D eigenvalue weighted by Crippen LogP contribution is 2.59. The van der Waals surface area contributed by atoms with Crippen LogP contribution in [-0.4, -0.2) is 18.9 Å². The predicted octanol–water partition coefficient (Wildman–Crippen LogP) is 0.358. The van der Waals surface area contributed by atoms with Crippen LogP contribution in [0.25, 0.3) is 0 Å². The van der Waals surface area contributed by atoms with Crippen molar-refractivity contribution in [2.45, 2.75) is 16.9 Å². The van der Waals surface area contributed by atoms with E-state index in [0.717, 1.165) is 6.42 Å². The Bertz CT molecular complexity index is 314. The molecule has 2 nitrogen and oxygen atoms in total. The van der Waals surface area contributed by atoms with E-state index in [-0.39, 0.29) is 10.5 Å². The molecule has 2 heterocycles. The SMILES string of the molecule is O=S1(=O)[C@@H]2[C@@H]3C=C[C@H]1C[C@@H]32. The van der Waals surface area contributed by atoms with Crippen LogP contribution in [0.15, 0.2) is 12.2 Å². The number of rotatable bonds is 0. The van der Waals surface area contributed by atoms with Crippen molar-refractivity contribution in [1.82, 2.24) is 0 Å². The van der Waals surface area contributed by atoms with Crippen molar-refractivity contribution in [3.63, 3.8) is 0 Å². The number of sulfone groups is 1. The highest BCUT2D eigenvalue weighted by Gasteiger charge is 2.66. The van der Waals surface area contributed by atoms with Crippen LogP contribution >= 0.6 is 0 Å². The molecular formula is C7H8O2S. The maximum Gasteiger partial charge on any atom is 0.160 e. The smallest absolute Gasteiger partial charge is 0.160 e. The van der Waals surface area contributed by atoms with E-state index in [4.69, 9.17) is 0 Å². The van der Waals surface area contributed by atoms with E-state index in [1.54, 1.807) is 0 Å². The summed E-state index contributed by atoms with van der Waals surface area (Å²) in [5, 5.41) is -0.0602. The molecule has 0 amide bonds. The number of hydrogen-bond acceptors (Lipinski definition) is 2. The van der Waals surface area contributed by atoms with Crippen LogP contribution in [-0.2, 0) is 9.84 Å². The molecule has 1 saturated carbocycles. The van der Waals surface area contributed by atoms with Gasteiger partial charge in [0.2, 0.25) is 0 Å². The lowest BCUT2D eigenvalue weighted by Gasteiger charge is -2.13. The lowest BCUT2D eigenvalue weighted by molar-refractivity contribution is 0.582. The Morgan fingerprint density at radius 1 is 1.30 bits per heavy atom. The Labute approximate surface area is 59.8 Å². The second kappa shape index (κ2) is 1.20. The van der Waals surface area contributed by atoms with Gasteiger partial charge in [0.15, 0.2) is 9.84 Å². The third-order valence-electron chi connectivity index (χ3n) is 3.01. The van der Waals surface area contributed by atoms with Gasteiger partial charge in [-0.15, -0.1) is 0 Å². The van der Waals surface area contributed by atoms with Crippen LogP contribution in [0.3, 0.4) is 0 Å². The monoisotopic (exact) mass is 156 g/mol. The summed E-state index contributed by atoms with van der Waals surface area (Å²) in [4.78, 5) is 0. The molecule has 0 aromatic rings. The molecule has 0 aromatic heterocycles. The van der Waals surface area contributed by atoms with Crippen LogP contribution in [0.5, 0.6) is 0 Å². The molecule has 0 radical (unpaired) electrons. The van der Waals surface area contributed by atoms with Gasteiger partial charge in [0.05, 0.1) is 10.5 Å². The molecular weight excluding hydrogens is 148 g/mol. The Balaban J connectivity index is 2.31. The summed E-state index contributed by atoms with van der Waals surface area (Å²) in [6, 6.07) is 0. The normalized spacial score (nSPS) is 58.8. The molecule has 0 N–H and O–H groups in total. The predicted molar refractivity (Wildman–Crippen MR) is 37.2 cm³/mol. The average Bonchev–Trinajstić information content (AvgIpc) is 2.53. The van der Waals surface area contributed by atoms with Gasteiger partial charge in [-0.3, -0.25) is 0 Å². The van der Waals surface area contributed by atoms with Crippen LogP contribution in [0.1, 0.15) is 6.42 Å². The fraction of sp³-hybridized carbons (Fsp3) is 0.714.